The predicted octanol–water partition coefficient (Wildman–Crippen LogP) is 4.17. The molecule has 6 nitrogen and oxygen atoms in total. The van der Waals surface area contributed by atoms with E-state index in [9.17, 15) is 17.2 Å². The van der Waals surface area contributed by atoms with Crippen LogP contribution in [-0.4, -0.2) is 51.8 Å². The van der Waals surface area contributed by atoms with Gasteiger partial charge in [-0.3, -0.25) is 4.99 Å². The van der Waals surface area contributed by atoms with Gasteiger partial charge in [-0.25, -0.2) is 8.42 Å². The van der Waals surface area contributed by atoms with Gasteiger partial charge in [-0.15, -0.1) is 24.0 Å². The smallest absolute Gasteiger partial charge is 0.387 e. The van der Waals surface area contributed by atoms with E-state index in [1.807, 2.05) is 18.9 Å². The number of alkyl halides is 2. The molecule has 0 aliphatic carbocycles. The first-order valence-electron chi connectivity index (χ1n) is 9.51. The van der Waals surface area contributed by atoms with Gasteiger partial charge in [0.25, 0.3) is 0 Å². The highest BCUT2D eigenvalue weighted by Crippen LogP contribution is 2.16. The maximum atomic E-state index is 12.7. The topological polar surface area (TPSA) is 71.0 Å². The van der Waals surface area contributed by atoms with Crippen LogP contribution in [0.4, 0.5) is 8.78 Å². The van der Waals surface area contributed by atoms with E-state index >= 15 is 0 Å². The van der Waals surface area contributed by atoms with Gasteiger partial charge in [0.05, 0.1) is 10.6 Å². The SMILES string of the molecule is CCC(CS(=O)(=O)c1ccccc1)NC(=NC)N(C)Cc1ccc(OC(F)F)cc1.I. The summed E-state index contributed by atoms with van der Waals surface area (Å²) in [7, 11) is 0.00266. The Kier molecular flexibility index (Phi) is 11.2. The normalized spacial score (nSPS) is 12.8. The molecule has 2 rings (SSSR count). The zero-order chi connectivity index (χ0) is 22.1. The molecule has 0 bridgehead atoms. The second-order valence-corrected chi connectivity index (χ2v) is 8.80. The predicted molar refractivity (Wildman–Crippen MR) is 129 cm³/mol. The highest BCUT2D eigenvalue weighted by molar-refractivity contribution is 14.0. The molecule has 1 atom stereocenters. The van der Waals surface area contributed by atoms with E-state index in [0.29, 0.717) is 23.8 Å². The van der Waals surface area contributed by atoms with Gasteiger partial charge < -0.3 is 15.0 Å². The number of aliphatic imine (C=N–C) groups is 1. The minimum Gasteiger partial charge on any atom is -0.435 e. The number of rotatable bonds is 9. The van der Waals surface area contributed by atoms with Crippen molar-refractivity contribution in [3.05, 3.63) is 60.2 Å². The molecule has 0 saturated carbocycles. The lowest BCUT2D eigenvalue weighted by atomic mass is 10.2. The van der Waals surface area contributed by atoms with Crippen LogP contribution in [0.1, 0.15) is 18.9 Å². The Morgan fingerprint density at radius 1 is 1.13 bits per heavy atom. The molecule has 31 heavy (non-hydrogen) atoms. The second kappa shape index (κ2) is 12.8. The van der Waals surface area contributed by atoms with Crippen LogP contribution >= 0.6 is 24.0 Å². The summed E-state index contributed by atoms with van der Waals surface area (Å²) < 4.78 is 54.2. The summed E-state index contributed by atoms with van der Waals surface area (Å²) in [6, 6.07) is 14.4. The van der Waals surface area contributed by atoms with Gasteiger partial charge in [0, 0.05) is 26.7 Å². The second-order valence-electron chi connectivity index (χ2n) is 6.77. The first-order valence-corrected chi connectivity index (χ1v) is 11.2. The van der Waals surface area contributed by atoms with Crippen LogP contribution in [0.3, 0.4) is 0 Å². The number of guanidine groups is 1. The fourth-order valence-electron chi connectivity index (χ4n) is 2.90. The average molecular weight is 567 g/mol. The Labute approximate surface area is 199 Å². The fraction of sp³-hybridized carbons (Fsp3) is 0.381. The Bertz CT molecular complexity index is 927. The Balaban J connectivity index is 0.00000480. The Morgan fingerprint density at radius 3 is 2.26 bits per heavy atom. The highest BCUT2D eigenvalue weighted by atomic mass is 127. The first-order chi connectivity index (χ1) is 14.2. The molecule has 1 N–H and O–H groups in total. The van der Waals surface area contributed by atoms with Gasteiger partial charge in [-0.2, -0.15) is 8.78 Å². The van der Waals surface area contributed by atoms with Gasteiger partial charge in [-0.1, -0.05) is 37.3 Å². The van der Waals surface area contributed by atoms with Crippen molar-refractivity contribution in [1.82, 2.24) is 10.2 Å². The number of nitrogens with zero attached hydrogens (tertiary/aromatic N) is 2. The molecular weight excluding hydrogens is 539 g/mol. The van der Waals surface area contributed by atoms with E-state index in [4.69, 9.17) is 0 Å². The van der Waals surface area contributed by atoms with Crippen molar-refractivity contribution in [1.29, 1.82) is 0 Å². The monoisotopic (exact) mass is 567 g/mol. The average Bonchev–Trinajstić information content (AvgIpc) is 2.72. The van der Waals surface area contributed by atoms with Crippen LogP contribution in [0.2, 0.25) is 0 Å². The van der Waals surface area contributed by atoms with E-state index in [0.717, 1.165) is 5.56 Å². The van der Waals surface area contributed by atoms with Gasteiger partial charge in [0.1, 0.15) is 5.75 Å². The van der Waals surface area contributed by atoms with Crippen LogP contribution in [0.15, 0.2) is 64.5 Å². The van der Waals surface area contributed by atoms with Gasteiger partial charge in [0.2, 0.25) is 0 Å². The molecule has 0 heterocycles. The summed E-state index contributed by atoms with van der Waals surface area (Å²) in [4.78, 5) is 6.37. The highest BCUT2D eigenvalue weighted by Gasteiger charge is 2.22. The molecular formula is C21H28F2IN3O3S. The number of ether oxygens (including phenoxy) is 1. The zero-order valence-corrected chi connectivity index (χ0v) is 20.8. The number of hydrogen-bond donors (Lipinski definition) is 1. The molecule has 0 radical (unpaired) electrons. The van der Waals surface area contributed by atoms with E-state index in [1.165, 1.54) is 12.1 Å². The molecule has 0 aliphatic heterocycles. The third-order valence-electron chi connectivity index (χ3n) is 4.49. The van der Waals surface area contributed by atoms with Crippen molar-refractivity contribution in [2.45, 2.75) is 37.4 Å². The molecule has 0 saturated heterocycles. The molecule has 1 unspecified atom stereocenters. The lowest BCUT2D eigenvalue weighted by molar-refractivity contribution is -0.0498. The molecule has 2 aromatic carbocycles. The van der Waals surface area contributed by atoms with Crippen LogP contribution < -0.4 is 10.1 Å². The van der Waals surface area contributed by atoms with Crippen molar-refractivity contribution in [3.63, 3.8) is 0 Å². The standard InChI is InChI=1S/C21H27F2N3O3S.HI/c1-4-17(15-30(27,28)19-8-6-5-7-9-19)25-21(24-2)26(3)14-16-10-12-18(13-11-16)29-20(22)23;/h5-13,17,20H,4,14-15H2,1-3H3,(H,24,25);1H. The van der Waals surface area contributed by atoms with Crippen molar-refractivity contribution in [2.75, 3.05) is 19.8 Å². The lowest BCUT2D eigenvalue weighted by Gasteiger charge is -2.26. The van der Waals surface area contributed by atoms with Gasteiger partial charge in [-0.05, 0) is 36.2 Å². The molecule has 172 valence electrons. The van der Waals surface area contributed by atoms with Crippen molar-refractivity contribution in [2.24, 2.45) is 4.99 Å². The Morgan fingerprint density at radius 2 is 1.74 bits per heavy atom. The molecule has 10 heteroatoms. The maximum absolute atomic E-state index is 12.7. The van der Waals surface area contributed by atoms with Crippen molar-refractivity contribution < 1.29 is 21.9 Å². The van der Waals surface area contributed by atoms with E-state index < -0.39 is 16.4 Å². The molecule has 0 fully saturated rings. The van der Waals surface area contributed by atoms with E-state index in [2.05, 4.69) is 15.0 Å². The van der Waals surface area contributed by atoms with Crippen LogP contribution in [0.25, 0.3) is 0 Å². The largest absolute Gasteiger partial charge is 0.435 e. The summed E-state index contributed by atoms with van der Waals surface area (Å²) in [6.45, 7) is -0.497. The summed E-state index contributed by atoms with van der Waals surface area (Å²) in [6.07, 6.45) is 0.596. The van der Waals surface area contributed by atoms with Gasteiger partial charge >= 0.3 is 6.61 Å². The molecule has 0 spiro atoms. The van der Waals surface area contributed by atoms with Crippen molar-refractivity contribution in [3.8, 4) is 5.75 Å². The van der Waals surface area contributed by atoms with E-state index in [-0.39, 0.29) is 41.5 Å². The number of benzene rings is 2. The first kappa shape index (κ1) is 27.1. The summed E-state index contributed by atoms with van der Waals surface area (Å²) in [5, 5.41) is 3.21. The van der Waals surface area contributed by atoms with Crippen LogP contribution in [0.5, 0.6) is 5.75 Å². The van der Waals surface area contributed by atoms with E-state index in [1.54, 1.807) is 49.5 Å². The third-order valence-corrected chi connectivity index (χ3v) is 6.32. The lowest BCUT2D eigenvalue weighted by Crippen LogP contribution is -2.46. The molecule has 0 aliphatic rings. The minimum atomic E-state index is -3.44. The Hall–Kier alpha value is -1.95. The molecule has 0 amide bonds. The quantitative estimate of drug-likeness (QED) is 0.280. The maximum Gasteiger partial charge on any atom is 0.387 e. The van der Waals surface area contributed by atoms with Crippen LogP contribution in [0, 0.1) is 0 Å². The van der Waals surface area contributed by atoms with Gasteiger partial charge in [0.15, 0.2) is 15.8 Å². The molecule has 2 aromatic rings. The summed E-state index contributed by atoms with van der Waals surface area (Å²) in [5.74, 6) is 0.578. The number of sulfone groups is 1. The number of halogens is 3. The van der Waals surface area contributed by atoms with Crippen LogP contribution in [-0.2, 0) is 16.4 Å². The molecule has 0 aromatic heterocycles. The summed E-state index contributed by atoms with van der Waals surface area (Å²) in [5.41, 5.74) is 0.868. The summed E-state index contributed by atoms with van der Waals surface area (Å²) >= 11 is 0. The zero-order valence-electron chi connectivity index (χ0n) is 17.7. The third kappa shape index (κ3) is 8.60. The van der Waals surface area contributed by atoms with Crippen molar-refractivity contribution >= 4 is 39.8 Å². The number of hydrogen-bond acceptors (Lipinski definition) is 4. The fourth-order valence-corrected chi connectivity index (χ4v) is 4.52. The number of nitrogens with one attached hydrogen (secondary N) is 1. The minimum absolute atomic E-state index is 0.